The van der Waals surface area contributed by atoms with E-state index in [2.05, 4.69) is 26.1 Å². The molecule has 0 atom stereocenters. The molecule has 0 unspecified atom stereocenters. The fraction of sp³-hybridized carbons (Fsp3) is 0.250. The van der Waals surface area contributed by atoms with Crippen molar-refractivity contribution in [3.05, 3.63) is 21.2 Å². The smallest absolute Gasteiger partial charge is 0.268 e. The third kappa shape index (κ3) is 1.73. The molecule has 0 fully saturated rings. The Bertz CT molecular complexity index is 432. The number of aromatic nitrogens is 2. The number of rotatable bonds is 2. The van der Waals surface area contributed by atoms with Crippen molar-refractivity contribution >= 4 is 27.3 Å². The van der Waals surface area contributed by atoms with E-state index in [0.717, 1.165) is 14.2 Å². The van der Waals surface area contributed by atoms with Crippen molar-refractivity contribution in [1.29, 1.82) is 0 Å². The summed E-state index contributed by atoms with van der Waals surface area (Å²) in [6, 6.07) is 1.96. The van der Waals surface area contributed by atoms with Gasteiger partial charge in [0.1, 0.15) is 6.61 Å². The Morgan fingerprint density at radius 1 is 1.64 bits per heavy atom. The topological polar surface area (TPSA) is 59.2 Å². The zero-order chi connectivity index (χ0) is 10.1. The summed E-state index contributed by atoms with van der Waals surface area (Å²) in [4.78, 5) is 4.92. The molecule has 0 aliphatic heterocycles. The highest BCUT2D eigenvalue weighted by atomic mass is 79.9. The molecule has 0 radical (unpaired) electrons. The minimum atomic E-state index is -0.199. The molecule has 1 N–H and O–H groups in total. The van der Waals surface area contributed by atoms with E-state index in [-0.39, 0.29) is 6.61 Å². The lowest BCUT2D eigenvalue weighted by atomic mass is 10.3. The van der Waals surface area contributed by atoms with Gasteiger partial charge in [-0.25, -0.2) is 0 Å². The number of aryl methyl sites for hydroxylation is 1. The third-order valence-electron chi connectivity index (χ3n) is 1.68. The van der Waals surface area contributed by atoms with E-state index in [1.165, 1.54) is 11.3 Å². The minimum absolute atomic E-state index is 0.199. The van der Waals surface area contributed by atoms with Crippen molar-refractivity contribution in [3.8, 4) is 10.8 Å². The molecule has 0 spiro atoms. The van der Waals surface area contributed by atoms with Crippen molar-refractivity contribution in [2.45, 2.75) is 13.5 Å². The molecule has 0 saturated heterocycles. The molecule has 14 heavy (non-hydrogen) atoms. The Labute approximate surface area is 92.7 Å². The van der Waals surface area contributed by atoms with Crippen LogP contribution in [0.1, 0.15) is 11.4 Å². The predicted molar refractivity (Wildman–Crippen MR) is 56.0 cm³/mol. The number of hydrogen-bond donors (Lipinski definition) is 1. The van der Waals surface area contributed by atoms with E-state index < -0.39 is 0 Å². The summed E-state index contributed by atoms with van der Waals surface area (Å²) < 4.78 is 6.03. The molecule has 4 nitrogen and oxygen atoms in total. The Hall–Kier alpha value is -0.720. The van der Waals surface area contributed by atoms with Gasteiger partial charge in [-0.2, -0.15) is 4.98 Å². The molecule has 6 heteroatoms. The van der Waals surface area contributed by atoms with Gasteiger partial charge < -0.3 is 9.63 Å². The molecule has 0 amide bonds. The largest absolute Gasteiger partial charge is 0.388 e. The molecule has 0 aliphatic carbocycles. The zero-order valence-electron chi connectivity index (χ0n) is 7.32. The maximum absolute atomic E-state index is 8.77. The second-order valence-corrected chi connectivity index (χ2v) is 5.11. The first-order chi connectivity index (χ1) is 6.70. The molecule has 0 bridgehead atoms. The number of hydrogen-bond acceptors (Lipinski definition) is 5. The van der Waals surface area contributed by atoms with Crippen LogP contribution in [0.5, 0.6) is 0 Å². The molecule has 2 rings (SSSR count). The quantitative estimate of drug-likeness (QED) is 0.914. The monoisotopic (exact) mass is 274 g/mol. The summed E-state index contributed by atoms with van der Waals surface area (Å²) in [6.45, 7) is 1.79. The van der Waals surface area contributed by atoms with Crippen LogP contribution in [0.25, 0.3) is 10.8 Å². The lowest BCUT2D eigenvalue weighted by Gasteiger charge is -1.82. The zero-order valence-corrected chi connectivity index (χ0v) is 9.72. The first kappa shape index (κ1) is 9.82. The Kier molecular flexibility index (Phi) is 2.66. The summed E-state index contributed by atoms with van der Waals surface area (Å²) in [6.07, 6.45) is 0. The van der Waals surface area contributed by atoms with E-state index >= 15 is 0 Å². The molecule has 0 aliphatic rings. The van der Waals surface area contributed by atoms with Crippen LogP contribution in [-0.2, 0) is 6.61 Å². The second-order valence-electron chi connectivity index (χ2n) is 2.74. The summed E-state index contributed by atoms with van der Waals surface area (Å²) in [5, 5.41) is 12.4. The highest BCUT2D eigenvalue weighted by molar-refractivity contribution is 9.11. The van der Waals surface area contributed by atoms with Gasteiger partial charge in [-0.15, -0.1) is 11.3 Å². The highest BCUT2D eigenvalue weighted by Crippen LogP contribution is 2.33. The molecule has 2 aromatic rings. The van der Waals surface area contributed by atoms with Gasteiger partial charge in [0.25, 0.3) is 5.89 Å². The molecular weight excluding hydrogens is 268 g/mol. The maximum Gasteiger partial charge on any atom is 0.268 e. The first-order valence-electron chi connectivity index (χ1n) is 3.90. The number of nitrogens with zero attached hydrogens (tertiary/aromatic N) is 2. The van der Waals surface area contributed by atoms with Crippen LogP contribution in [-0.4, -0.2) is 15.2 Å². The third-order valence-corrected chi connectivity index (χ3v) is 3.80. The molecular formula is C8H7BrN2O2S. The summed E-state index contributed by atoms with van der Waals surface area (Å²) >= 11 is 4.95. The fourth-order valence-corrected chi connectivity index (χ4v) is 2.44. The number of aliphatic hydroxyl groups is 1. The average Bonchev–Trinajstić information content (AvgIpc) is 2.74. The molecule has 0 aromatic carbocycles. The van der Waals surface area contributed by atoms with Crippen LogP contribution in [0.2, 0.25) is 0 Å². The number of aliphatic hydroxyl groups excluding tert-OH is 1. The first-order valence-corrected chi connectivity index (χ1v) is 5.51. The summed E-state index contributed by atoms with van der Waals surface area (Å²) in [7, 11) is 0. The van der Waals surface area contributed by atoms with Gasteiger partial charge in [-0.1, -0.05) is 5.16 Å². The van der Waals surface area contributed by atoms with Crippen LogP contribution in [0.15, 0.2) is 14.4 Å². The standard InChI is InChI=1S/C8H7BrN2O2S/c1-4-2-5(14-7(4)9)8-10-6(3-12)11-13-8/h2,12H,3H2,1H3. The van der Waals surface area contributed by atoms with Crippen LogP contribution in [0.3, 0.4) is 0 Å². The molecule has 74 valence electrons. The van der Waals surface area contributed by atoms with Crippen molar-refractivity contribution in [3.63, 3.8) is 0 Å². The van der Waals surface area contributed by atoms with Gasteiger partial charge in [-0.3, -0.25) is 0 Å². The average molecular weight is 275 g/mol. The van der Waals surface area contributed by atoms with Crippen molar-refractivity contribution in [2.75, 3.05) is 0 Å². The minimum Gasteiger partial charge on any atom is -0.388 e. The van der Waals surface area contributed by atoms with Gasteiger partial charge in [0.2, 0.25) is 0 Å². The Morgan fingerprint density at radius 3 is 2.93 bits per heavy atom. The van der Waals surface area contributed by atoms with Gasteiger partial charge in [0, 0.05) is 0 Å². The summed E-state index contributed by atoms with van der Waals surface area (Å²) in [5.74, 6) is 0.759. The number of thiophene rings is 1. The Balaban J connectivity index is 2.39. The van der Waals surface area contributed by atoms with E-state index in [0.29, 0.717) is 11.7 Å². The van der Waals surface area contributed by atoms with E-state index in [1.807, 2.05) is 13.0 Å². The van der Waals surface area contributed by atoms with E-state index in [1.54, 1.807) is 0 Å². The van der Waals surface area contributed by atoms with Crippen molar-refractivity contribution in [2.24, 2.45) is 0 Å². The van der Waals surface area contributed by atoms with Crippen LogP contribution >= 0.6 is 27.3 Å². The molecule has 2 heterocycles. The SMILES string of the molecule is Cc1cc(-c2nc(CO)no2)sc1Br. The van der Waals surface area contributed by atoms with Gasteiger partial charge >= 0.3 is 0 Å². The van der Waals surface area contributed by atoms with E-state index in [9.17, 15) is 0 Å². The normalized spacial score (nSPS) is 10.8. The van der Waals surface area contributed by atoms with Crippen molar-refractivity contribution < 1.29 is 9.63 Å². The Morgan fingerprint density at radius 2 is 2.43 bits per heavy atom. The second kappa shape index (κ2) is 3.80. The summed E-state index contributed by atoms with van der Waals surface area (Å²) in [5.41, 5.74) is 1.13. The fourth-order valence-electron chi connectivity index (χ4n) is 0.984. The van der Waals surface area contributed by atoms with Crippen LogP contribution < -0.4 is 0 Å². The predicted octanol–water partition coefficient (Wildman–Crippen LogP) is 2.36. The van der Waals surface area contributed by atoms with E-state index in [4.69, 9.17) is 9.63 Å². The maximum atomic E-state index is 8.77. The highest BCUT2D eigenvalue weighted by Gasteiger charge is 2.12. The van der Waals surface area contributed by atoms with Gasteiger partial charge in [0.15, 0.2) is 5.82 Å². The molecule has 0 saturated carbocycles. The molecule has 2 aromatic heterocycles. The van der Waals surface area contributed by atoms with Gasteiger partial charge in [0.05, 0.1) is 8.66 Å². The van der Waals surface area contributed by atoms with Crippen LogP contribution in [0, 0.1) is 6.92 Å². The number of halogens is 1. The van der Waals surface area contributed by atoms with Gasteiger partial charge in [-0.05, 0) is 34.5 Å². The van der Waals surface area contributed by atoms with Crippen LogP contribution in [0.4, 0.5) is 0 Å². The lowest BCUT2D eigenvalue weighted by Crippen LogP contribution is -1.83. The van der Waals surface area contributed by atoms with Crippen molar-refractivity contribution in [1.82, 2.24) is 10.1 Å². The lowest BCUT2D eigenvalue weighted by molar-refractivity contribution is 0.264.